The molecule has 0 saturated carbocycles. The van der Waals surface area contributed by atoms with Crippen molar-refractivity contribution in [1.29, 1.82) is 0 Å². The first-order valence-electron chi connectivity index (χ1n) is 4.54. The molecule has 76 valence electrons. The van der Waals surface area contributed by atoms with E-state index in [1.807, 2.05) is 18.2 Å². The fraction of sp³-hybridized carbons (Fsp3) is 0.182. The van der Waals surface area contributed by atoms with Crippen molar-refractivity contribution in [2.75, 3.05) is 6.54 Å². The van der Waals surface area contributed by atoms with Crippen molar-refractivity contribution in [3.05, 3.63) is 28.2 Å². The first kappa shape index (κ1) is 10.4. The van der Waals surface area contributed by atoms with Crippen LogP contribution in [0.3, 0.4) is 0 Å². The molecule has 0 aliphatic carbocycles. The number of rotatable bonds is 1. The number of thiazole rings is 1. The van der Waals surface area contributed by atoms with Gasteiger partial charge in [0.15, 0.2) is 4.47 Å². The fourth-order valence-corrected chi connectivity index (χ4v) is 2.28. The number of halogens is 1. The third-order valence-electron chi connectivity index (χ3n) is 1.86. The van der Waals surface area contributed by atoms with Gasteiger partial charge in [-0.15, -0.1) is 11.3 Å². The van der Waals surface area contributed by atoms with Gasteiger partial charge in [0.25, 0.3) is 0 Å². The highest BCUT2D eigenvalue weighted by Crippen LogP contribution is 2.26. The number of fused-ring (bicyclic) bond motifs is 1. The molecule has 4 heteroatoms. The molecular formula is C11H9ClN2S. The maximum absolute atomic E-state index is 5.82. The lowest BCUT2D eigenvalue weighted by atomic mass is 10.2. The standard InChI is InChI=1S/C11H9ClN2S/c12-11-14-9-5-4-8(3-1-2-6-13)7-10(9)15-11/h4-5,7H,2,6,13H2. The molecular weight excluding hydrogens is 228 g/mol. The van der Waals surface area contributed by atoms with Gasteiger partial charge in [0.1, 0.15) is 0 Å². The third-order valence-corrected chi connectivity index (χ3v) is 2.99. The van der Waals surface area contributed by atoms with Crippen LogP contribution in [-0.4, -0.2) is 11.5 Å². The van der Waals surface area contributed by atoms with E-state index in [0.29, 0.717) is 11.0 Å². The zero-order chi connectivity index (χ0) is 10.7. The molecule has 0 saturated heterocycles. The highest BCUT2D eigenvalue weighted by atomic mass is 35.5. The van der Waals surface area contributed by atoms with Crippen molar-refractivity contribution in [3.63, 3.8) is 0 Å². The Balaban J connectivity index is 2.35. The molecule has 2 N–H and O–H groups in total. The molecule has 0 aliphatic heterocycles. The van der Waals surface area contributed by atoms with Gasteiger partial charge in [-0.25, -0.2) is 4.98 Å². The molecule has 2 nitrogen and oxygen atoms in total. The SMILES string of the molecule is NCCC#Cc1ccc2nc(Cl)sc2c1. The Kier molecular flexibility index (Phi) is 3.22. The summed E-state index contributed by atoms with van der Waals surface area (Å²) in [5, 5.41) is 0. The average Bonchev–Trinajstić information content (AvgIpc) is 2.57. The molecule has 0 spiro atoms. The van der Waals surface area contributed by atoms with Crippen molar-refractivity contribution in [2.24, 2.45) is 5.73 Å². The van der Waals surface area contributed by atoms with Crippen LogP contribution in [0.25, 0.3) is 10.2 Å². The Morgan fingerprint density at radius 2 is 2.33 bits per heavy atom. The summed E-state index contributed by atoms with van der Waals surface area (Å²) < 4.78 is 1.64. The van der Waals surface area contributed by atoms with Crippen molar-refractivity contribution in [2.45, 2.75) is 6.42 Å². The number of benzene rings is 1. The van der Waals surface area contributed by atoms with Crippen molar-refractivity contribution in [1.82, 2.24) is 4.98 Å². The Hall–Kier alpha value is -1.08. The summed E-state index contributed by atoms with van der Waals surface area (Å²) in [5.74, 6) is 6.05. The second kappa shape index (κ2) is 4.63. The molecule has 0 radical (unpaired) electrons. The first-order chi connectivity index (χ1) is 7.29. The minimum Gasteiger partial charge on any atom is -0.330 e. The molecule has 2 aromatic rings. The number of nitrogens with two attached hydrogens (primary N) is 1. The minimum absolute atomic E-state index is 0.567. The lowest BCUT2D eigenvalue weighted by Gasteiger charge is -1.89. The van der Waals surface area contributed by atoms with Crippen LogP contribution in [-0.2, 0) is 0 Å². The van der Waals surface area contributed by atoms with E-state index in [0.717, 1.165) is 22.2 Å². The summed E-state index contributed by atoms with van der Waals surface area (Å²) in [6.07, 6.45) is 0.724. The van der Waals surface area contributed by atoms with Crippen LogP contribution in [0.15, 0.2) is 18.2 Å². The van der Waals surface area contributed by atoms with Gasteiger partial charge in [-0.3, -0.25) is 0 Å². The molecule has 0 fully saturated rings. The maximum atomic E-state index is 5.82. The Labute approximate surface area is 97.1 Å². The predicted octanol–water partition coefficient (Wildman–Crippen LogP) is 2.65. The average molecular weight is 237 g/mol. The van der Waals surface area contributed by atoms with Crippen LogP contribution in [0.4, 0.5) is 0 Å². The van der Waals surface area contributed by atoms with E-state index in [1.54, 1.807) is 0 Å². The molecule has 15 heavy (non-hydrogen) atoms. The largest absolute Gasteiger partial charge is 0.330 e. The second-order valence-corrected chi connectivity index (χ2v) is 4.60. The normalized spacial score (nSPS) is 10.0. The maximum Gasteiger partial charge on any atom is 0.184 e. The van der Waals surface area contributed by atoms with Gasteiger partial charge in [0, 0.05) is 18.5 Å². The van der Waals surface area contributed by atoms with E-state index in [4.69, 9.17) is 17.3 Å². The van der Waals surface area contributed by atoms with Crippen molar-refractivity contribution >= 4 is 33.2 Å². The Bertz CT molecular complexity index is 536. The highest BCUT2D eigenvalue weighted by Gasteiger charge is 2.00. The number of nitrogens with zero attached hydrogens (tertiary/aromatic N) is 1. The summed E-state index contributed by atoms with van der Waals surface area (Å²) >= 11 is 7.28. The Morgan fingerprint density at radius 3 is 3.13 bits per heavy atom. The van der Waals surface area contributed by atoms with Crippen LogP contribution in [0.5, 0.6) is 0 Å². The molecule has 0 aliphatic rings. The fourth-order valence-electron chi connectivity index (χ4n) is 1.21. The van der Waals surface area contributed by atoms with Gasteiger partial charge >= 0.3 is 0 Å². The first-order valence-corrected chi connectivity index (χ1v) is 5.74. The molecule has 0 atom stereocenters. The van der Waals surface area contributed by atoms with Crippen molar-refractivity contribution in [3.8, 4) is 11.8 Å². The summed E-state index contributed by atoms with van der Waals surface area (Å²) in [4.78, 5) is 4.17. The van der Waals surface area contributed by atoms with Gasteiger partial charge in [0.2, 0.25) is 0 Å². The van der Waals surface area contributed by atoms with Crippen LogP contribution >= 0.6 is 22.9 Å². The monoisotopic (exact) mass is 236 g/mol. The van der Waals surface area contributed by atoms with Gasteiger partial charge < -0.3 is 5.73 Å². The number of aromatic nitrogens is 1. The van der Waals surface area contributed by atoms with Gasteiger partial charge in [-0.1, -0.05) is 23.4 Å². The molecule has 2 rings (SSSR count). The lowest BCUT2D eigenvalue weighted by Crippen LogP contribution is -1.95. The molecule has 1 aromatic carbocycles. The minimum atomic E-state index is 0.567. The van der Waals surface area contributed by atoms with Crippen LogP contribution in [0.2, 0.25) is 4.47 Å². The molecule has 1 heterocycles. The van der Waals surface area contributed by atoms with Crippen LogP contribution in [0.1, 0.15) is 12.0 Å². The van der Waals surface area contributed by atoms with E-state index < -0.39 is 0 Å². The van der Waals surface area contributed by atoms with E-state index in [2.05, 4.69) is 16.8 Å². The zero-order valence-corrected chi connectivity index (χ0v) is 9.53. The van der Waals surface area contributed by atoms with E-state index in [1.165, 1.54) is 11.3 Å². The summed E-state index contributed by atoms with van der Waals surface area (Å²) in [7, 11) is 0. The van der Waals surface area contributed by atoms with Gasteiger partial charge in [-0.2, -0.15) is 0 Å². The smallest absolute Gasteiger partial charge is 0.184 e. The highest BCUT2D eigenvalue weighted by molar-refractivity contribution is 7.22. The topological polar surface area (TPSA) is 38.9 Å². The summed E-state index contributed by atoms with van der Waals surface area (Å²) in [5.41, 5.74) is 7.27. The van der Waals surface area contributed by atoms with E-state index in [9.17, 15) is 0 Å². The third kappa shape index (κ3) is 2.48. The zero-order valence-electron chi connectivity index (χ0n) is 7.96. The molecule has 1 aromatic heterocycles. The van der Waals surface area contributed by atoms with Crippen molar-refractivity contribution < 1.29 is 0 Å². The molecule has 0 unspecified atom stereocenters. The molecule has 0 bridgehead atoms. The number of hydrogen-bond acceptors (Lipinski definition) is 3. The second-order valence-electron chi connectivity index (χ2n) is 2.99. The summed E-state index contributed by atoms with van der Waals surface area (Å²) in [6.45, 7) is 0.599. The molecule has 0 amide bonds. The van der Waals surface area contributed by atoms with Crippen LogP contribution in [0, 0.1) is 11.8 Å². The quantitative estimate of drug-likeness (QED) is 0.774. The predicted molar refractivity (Wildman–Crippen MR) is 65.2 cm³/mol. The van der Waals surface area contributed by atoms with E-state index in [-0.39, 0.29) is 0 Å². The lowest BCUT2D eigenvalue weighted by molar-refractivity contribution is 1.03. The van der Waals surface area contributed by atoms with E-state index >= 15 is 0 Å². The van der Waals surface area contributed by atoms with Gasteiger partial charge in [-0.05, 0) is 18.2 Å². The summed E-state index contributed by atoms with van der Waals surface area (Å²) in [6, 6.07) is 5.88. The van der Waals surface area contributed by atoms with Crippen LogP contribution < -0.4 is 5.73 Å². The number of hydrogen-bond donors (Lipinski definition) is 1. The Morgan fingerprint density at radius 1 is 1.47 bits per heavy atom. The van der Waals surface area contributed by atoms with Gasteiger partial charge in [0.05, 0.1) is 10.2 Å².